The van der Waals surface area contributed by atoms with Crippen LogP contribution in [0.2, 0.25) is 0 Å². The van der Waals surface area contributed by atoms with Gasteiger partial charge in [-0.2, -0.15) is 0 Å². The largest absolute Gasteiger partial charge is 0.394 e. The molecule has 0 saturated carbocycles. The molecule has 5 N–H and O–H groups in total. The normalized spacial score (nSPS) is 28.4. The fourth-order valence-electron chi connectivity index (χ4n) is 3.36. The zero-order chi connectivity index (χ0) is 22.3. The van der Waals surface area contributed by atoms with E-state index in [1.54, 1.807) is 6.92 Å². The third kappa shape index (κ3) is 6.48. The van der Waals surface area contributed by atoms with E-state index < -0.39 is 49.3 Å². The van der Waals surface area contributed by atoms with Gasteiger partial charge in [0.15, 0.2) is 6.29 Å². The molecule has 2 amide bonds. The van der Waals surface area contributed by atoms with Crippen LogP contribution in [-0.4, -0.2) is 76.5 Å². The molecule has 2 rings (SSSR count). The standard InChI is InChI=1S/C21H32N2O7/c1-4-16(25)23-17-19(18(26)15(11-24)30-21(17)28)29-13(3)20(27)22-12(2)10-14-8-6-5-7-9-14/h5-9,12-13,15,17-19,21,24,26,28H,4,10-11H2,1-3H3,(H,22,27)(H,23,25)/t12-,13+,15+,17+,18+,19+,21?/m0/s1. The molecule has 0 aliphatic carbocycles. The molecule has 0 bridgehead atoms. The molecule has 0 aromatic heterocycles. The number of rotatable bonds is 9. The summed E-state index contributed by atoms with van der Waals surface area (Å²) in [5.74, 6) is -0.771. The number of carbonyl (C=O) groups excluding carboxylic acids is 2. The molecular formula is C21H32N2O7. The predicted molar refractivity (Wildman–Crippen MR) is 108 cm³/mol. The summed E-state index contributed by atoms with van der Waals surface area (Å²) < 4.78 is 10.9. The Morgan fingerprint density at radius 1 is 1.20 bits per heavy atom. The number of aliphatic hydroxyl groups is 3. The van der Waals surface area contributed by atoms with Crippen LogP contribution in [0.25, 0.3) is 0 Å². The van der Waals surface area contributed by atoms with Crippen LogP contribution in [-0.2, 0) is 25.5 Å². The van der Waals surface area contributed by atoms with Gasteiger partial charge in [-0.1, -0.05) is 37.3 Å². The van der Waals surface area contributed by atoms with Gasteiger partial charge in [0.1, 0.15) is 30.5 Å². The van der Waals surface area contributed by atoms with Gasteiger partial charge in [0.2, 0.25) is 11.8 Å². The van der Waals surface area contributed by atoms with Gasteiger partial charge in [0, 0.05) is 12.5 Å². The van der Waals surface area contributed by atoms with E-state index in [1.807, 2.05) is 37.3 Å². The molecule has 30 heavy (non-hydrogen) atoms. The van der Waals surface area contributed by atoms with Crippen LogP contribution >= 0.6 is 0 Å². The van der Waals surface area contributed by atoms with Gasteiger partial charge >= 0.3 is 0 Å². The number of ether oxygens (including phenoxy) is 2. The van der Waals surface area contributed by atoms with Crippen molar-refractivity contribution in [2.45, 2.75) is 76.4 Å². The van der Waals surface area contributed by atoms with Crippen molar-refractivity contribution in [1.82, 2.24) is 10.6 Å². The van der Waals surface area contributed by atoms with Gasteiger partial charge in [-0.25, -0.2) is 0 Å². The Hall–Kier alpha value is -2.04. The maximum Gasteiger partial charge on any atom is 0.249 e. The Labute approximate surface area is 176 Å². The summed E-state index contributed by atoms with van der Waals surface area (Å²) in [6.45, 7) is 4.47. The van der Waals surface area contributed by atoms with Crippen LogP contribution in [0.1, 0.15) is 32.8 Å². The Morgan fingerprint density at radius 3 is 2.47 bits per heavy atom. The number of carbonyl (C=O) groups is 2. The summed E-state index contributed by atoms with van der Waals surface area (Å²) in [4.78, 5) is 24.4. The fourth-order valence-corrected chi connectivity index (χ4v) is 3.36. The highest BCUT2D eigenvalue weighted by molar-refractivity contribution is 5.80. The Bertz CT molecular complexity index is 687. The van der Waals surface area contributed by atoms with Crippen LogP contribution < -0.4 is 10.6 Å². The molecule has 1 aromatic carbocycles. The molecule has 7 atom stereocenters. The summed E-state index contributed by atoms with van der Waals surface area (Å²) in [6, 6.07) is 8.47. The van der Waals surface area contributed by atoms with Crippen LogP contribution in [0.15, 0.2) is 30.3 Å². The van der Waals surface area contributed by atoms with Crippen molar-refractivity contribution >= 4 is 11.8 Å². The topological polar surface area (TPSA) is 137 Å². The van der Waals surface area contributed by atoms with Gasteiger partial charge in [-0.3, -0.25) is 9.59 Å². The lowest BCUT2D eigenvalue weighted by molar-refractivity contribution is -0.266. The molecule has 1 aromatic rings. The fraction of sp³-hybridized carbons (Fsp3) is 0.619. The maximum absolute atomic E-state index is 12.6. The maximum atomic E-state index is 12.6. The number of benzene rings is 1. The van der Waals surface area contributed by atoms with E-state index in [2.05, 4.69) is 10.6 Å². The summed E-state index contributed by atoms with van der Waals surface area (Å²) in [5.41, 5.74) is 1.08. The first-order valence-corrected chi connectivity index (χ1v) is 10.2. The molecular weight excluding hydrogens is 392 g/mol. The minimum absolute atomic E-state index is 0.155. The summed E-state index contributed by atoms with van der Waals surface area (Å²) >= 11 is 0. The molecule has 1 fully saturated rings. The quantitative estimate of drug-likeness (QED) is 0.359. The Morgan fingerprint density at radius 2 is 1.87 bits per heavy atom. The first-order chi connectivity index (χ1) is 14.3. The second-order valence-electron chi connectivity index (χ2n) is 7.53. The van der Waals surface area contributed by atoms with E-state index >= 15 is 0 Å². The minimum atomic E-state index is -1.50. The van der Waals surface area contributed by atoms with Crippen molar-refractivity contribution in [2.75, 3.05) is 6.61 Å². The van der Waals surface area contributed by atoms with Gasteiger partial charge in [-0.15, -0.1) is 0 Å². The van der Waals surface area contributed by atoms with Crippen LogP contribution in [0.3, 0.4) is 0 Å². The lowest BCUT2D eigenvalue weighted by Crippen LogP contribution is -2.65. The van der Waals surface area contributed by atoms with Gasteiger partial charge in [0.25, 0.3) is 0 Å². The van der Waals surface area contributed by atoms with Crippen molar-refractivity contribution in [2.24, 2.45) is 0 Å². The smallest absolute Gasteiger partial charge is 0.249 e. The van der Waals surface area contributed by atoms with E-state index in [0.717, 1.165) is 5.56 Å². The molecule has 9 nitrogen and oxygen atoms in total. The summed E-state index contributed by atoms with van der Waals surface area (Å²) in [5, 5.41) is 35.5. The zero-order valence-corrected chi connectivity index (χ0v) is 17.5. The summed E-state index contributed by atoms with van der Waals surface area (Å²) in [7, 11) is 0. The average Bonchev–Trinajstić information content (AvgIpc) is 2.73. The average molecular weight is 424 g/mol. The molecule has 0 radical (unpaired) electrons. The predicted octanol–water partition coefficient (Wildman–Crippen LogP) is -0.527. The monoisotopic (exact) mass is 424 g/mol. The van der Waals surface area contributed by atoms with Crippen LogP contribution in [0, 0.1) is 0 Å². The number of aliphatic hydroxyl groups excluding tert-OH is 3. The Balaban J connectivity index is 2.02. The molecule has 1 saturated heterocycles. The third-order valence-electron chi connectivity index (χ3n) is 5.03. The highest BCUT2D eigenvalue weighted by atomic mass is 16.6. The van der Waals surface area contributed by atoms with Crippen LogP contribution in [0.5, 0.6) is 0 Å². The van der Waals surface area contributed by atoms with Crippen molar-refractivity contribution in [3.05, 3.63) is 35.9 Å². The number of hydrogen-bond donors (Lipinski definition) is 5. The van der Waals surface area contributed by atoms with Gasteiger partial charge in [-0.05, 0) is 25.8 Å². The highest BCUT2D eigenvalue weighted by Crippen LogP contribution is 2.24. The molecule has 9 heteroatoms. The third-order valence-corrected chi connectivity index (χ3v) is 5.03. The SMILES string of the molecule is CCC(=O)N[C@H]1C(O)O[C@H](CO)[C@@H](O)[C@@H]1O[C@H](C)C(=O)N[C@@H](C)Cc1ccccc1. The second-order valence-corrected chi connectivity index (χ2v) is 7.53. The lowest BCUT2D eigenvalue weighted by atomic mass is 9.96. The molecule has 1 aliphatic heterocycles. The van der Waals surface area contributed by atoms with E-state index in [9.17, 15) is 24.9 Å². The van der Waals surface area contributed by atoms with E-state index in [0.29, 0.717) is 6.42 Å². The van der Waals surface area contributed by atoms with Crippen LogP contribution in [0.4, 0.5) is 0 Å². The summed E-state index contributed by atoms with van der Waals surface area (Å²) in [6.07, 6.45) is -5.29. The lowest BCUT2D eigenvalue weighted by Gasteiger charge is -2.43. The minimum Gasteiger partial charge on any atom is -0.394 e. The van der Waals surface area contributed by atoms with Gasteiger partial charge in [0.05, 0.1) is 6.61 Å². The molecule has 1 unspecified atom stereocenters. The van der Waals surface area contributed by atoms with Crippen molar-refractivity contribution < 1.29 is 34.4 Å². The highest BCUT2D eigenvalue weighted by Gasteiger charge is 2.47. The van der Waals surface area contributed by atoms with Crippen molar-refractivity contribution in [3.8, 4) is 0 Å². The number of amides is 2. The second kappa shape index (κ2) is 11.4. The molecule has 1 heterocycles. The molecule has 168 valence electrons. The number of nitrogens with one attached hydrogen (secondary N) is 2. The van der Waals surface area contributed by atoms with Crippen molar-refractivity contribution in [3.63, 3.8) is 0 Å². The van der Waals surface area contributed by atoms with Gasteiger partial charge < -0.3 is 35.4 Å². The van der Waals surface area contributed by atoms with Crippen molar-refractivity contribution in [1.29, 1.82) is 0 Å². The zero-order valence-electron chi connectivity index (χ0n) is 17.5. The first kappa shape index (κ1) is 24.2. The Kier molecular flexibility index (Phi) is 9.19. The van der Waals surface area contributed by atoms with E-state index in [-0.39, 0.29) is 18.4 Å². The van der Waals surface area contributed by atoms with E-state index in [4.69, 9.17) is 9.47 Å². The molecule has 0 spiro atoms. The van der Waals surface area contributed by atoms with E-state index in [1.165, 1.54) is 6.92 Å². The molecule has 1 aliphatic rings. The first-order valence-electron chi connectivity index (χ1n) is 10.2. The number of hydrogen-bond acceptors (Lipinski definition) is 7.